The Morgan fingerprint density at radius 1 is 0.680 bits per heavy atom. The zero-order chi connectivity index (χ0) is 19.0. The van der Waals surface area contributed by atoms with Crippen LogP contribution >= 0.6 is 0 Å². The highest BCUT2D eigenvalue weighted by Gasteiger charge is 2.15. The van der Waals surface area contributed by atoms with Crippen LogP contribution in [-0.2, 0) is 12.8 Å². The zero-order valence-corrected chi connectivity index (χ0v) is 13.7. The summed E-state index contributed by atoms with van der Waals surface area (Å²) in [5.74, 6) is 0. The molecule has 0 saturated carbocycles. The molecule has 0 spiro atoms. The molecule has 0 N–H and O–H groups in total. The van der Waals surface area contributed by atoms with E-state index in [1.807, 2.05) is 13.0 Å². The molecular formula is C16H17N3O6. The van der Waals surface area contributed by atoms with Gasteiger partial charge in [-0.2, -0.15) is 0 Å². The monoisotopic (exact) mass is 347 g/mol. The molecule has 0 atom stereocenters. The molecule has 0 aromatic heterocycles. The van der Waals surface area contributed by atoms with Crippen molar-refractivity contribution in [3.8, 4) is 0 Å². The summed E-state index contributed by atoms with van der Waals surface area (Å²) in [4.78, 5) is 29.5. The standard InChI is InChI=1S/C8H8N2O4.C8H9NO2/c1-2-6-3-7(9(11)12)5-8(4-6)10(13)14;1-2-7-4-3-5-8(6-7)9(10)11/h3-5H,2H2,1H3;3-6H,2H2,1H3. The normalized spacial score (nSPS) is 9.68. The van der Waals surface area contributed by atoms with Gasteiger partial charge in [-0.1, -0.05) is 26.0 Å². The molecule has 0 amide bonds. The van der Waals surface area contributed by atoms with Crippen molar-refractivity contribution >= 4 is 17.1 Å². The highest BCUT2D eigenvalue weighted by Crippen LogP contribution is 2.22. The van der Waals surface area contributed by atoms with Gasteiger partial charge in [0.1, 0.15) is 0 Å². The lowest BCUT2D eigenvalue weighted by Gasteiger charge is -1.97. The average molecular weight is 347 g/mol. The highest BCUT2D eigenvalue weighted by atomic mass is 16.6. The average Bonchev–Trinajstić information content (AvgIpc) is 2.61. The molecule has 9 nitrogen and oxygen atoms in total. The number of nitro benzene ring substituents is 3. The predicted octanol–water partition coefficient (Wildman–Crippen LogP) is 4.22. The second kappa shape index (κ2) is 9.06. The summed E-state index contributed by atoms with van der Waals surface area (Å²) < 4.78 is 0. The van der Waals surface area contributed by atoms with Gasteiger partial charge in [0.15, 0.2) is 0 Å². The maximum Gasteiger partial charge on any atom is 0.276 e. The molecule has 0 fully saturated rings. The van der Waals surface area contributed by atoms with E-state index in [9.17, 15) is 30.3 Å². The maximum atomic E-state index is 10.4. The fraction of sp³-hybridized carbons (Fsp3) is 0.250. The van der Waals surface area contributed by atoms with Crippen LogP contribution in [0, 0.1) is 30.3 Å². The molecule has 0 radical (unpaired) electrons. The first-order valence-corrected chi connectivity index (χ1v) is 7.44. The Morgan fingerprint density at radius 3 is 1.52 bits per heavy atom. The largest absolute Gasteiger partial charge is 0.276 e. The molecule has 0 unspecified atom stereocenters. The van der Waals surface area contributed by atoms with Crippen molar-refractivity contribution in [3.05, 3.63) is 83.9 Å². The molecule has 0 aliphatic heterocycles. The Hall–Kier alpha value is -3.36. The number of hydrogen-bond donors (Lipinski definition) is 0. The predicted molar refractivity (Wildman–Crippen MR) is 91.6 cm³/mol. The summed E-state index contributed by atoms with van der Waals surface area (Å²) in [5.41, 5.74) is 1.28. The van der Waals surface area contributed by atoms with Gasteiger partial charge in [0.25, 0.3) is 17.1 Å². The summed E-state index contributed by atoms with van der Waals surface area (Å²) in [6.07, 6.45) is 1.37. The lowest BCUT2D eigenvalue weighted by molar-refractivity contribution is -0.394. The van der Waals surface area contributed by atoms with Crippen molar-refractivity contribution in [2.24, 2.45) is 0 Å². The summed E-state index contributed by atoms with van der Waals surface area (Å²) in [7, 11) is 0. The molecule has 25 heavy (non-hydrogen) atoms. The molecular weight excluding hydrogens is 330 g/mol. The smallest absolute Gasteiger partial charge is 0.258 e. The third-order valence-electron chi connectivity index (χ3n) is 3.32. The van der Waals surface area contributed by atoms with E-state index >= 15 is 0 Å². The third kappa shape index (κ3) is 5.98. The van der Waals surface area contributed by atoms with Crippen LogP contribution in [0.1, 0.15) is 25.0 Å². The van der Waals surface area contributed by atoms with E-state index in [2.05, 4.69) is 0 Å². The van der Waals surface area contributed by atoms with E-state index in [1.54, 1.807) is 19.1 Å². The molecule has 0 aliphatic carbocycles. The molecule has 9 heteroatoms. The fourth-order valence-electron chi connectivity index (χ4n) is 1.96. The van der Waals surface area contributed by atoms with Crippen molar-refractivity contribution in [3.63, 3.8) is 0 Å². The van der Waals surface area contributed by atoms with Gasteiger partial charge >= 0.3 is 0 Å². The van der Waals surface area contributed by atoms with Gasteiger partial charge in [0.2, 0.25) is 0 Å². The van der Waals surface area contributed by atoms with Crippen molar-refractivity contribution in [2.45, 2.75) is 26.7 Å². The van der Waals surface area contributed by atoms with Gasteiger partial charge in [-0.15, -0.1) is 0 Å². The Labute approximate surface area is 143 Å². The van der Waals surface area contributed by atoms with Crippen LogP contribution in [0.15, 0.2) is 42.5 Å². The quantitative estimate of drug-likeness (QED) is 0.588. The molecule has 0 saturated heterocycles. The first-order valence-electron chi connectivity index (χ1n) is 7.44. The van der Waals surface area contributed by atoms with Crippen LogP contribution in [0.25, 0.3) is 0 Å². The summed E-state index contributed by atoms with van der Waals surface area (Å²) >= 11 is 0. The summed E-state index contributed by atoms with van der Waals surface area (Å²) in [5, 5.41) is 31.1. The van der Waals surface area contributed by atoms with E-state index in [-0.39, 0.29) is 22.0 Å². The van der Waals surface area contributed by atoms with E-state index in [0.29, 0.717) is 12.0 Å². The van der Waals surface area contributed by atoms with Crippen molar-refractivity contribution in [2.75, 3.05) is 0 Å². The molecule has 0 heterocycles. The molecule has 0 bridgehead atoms. The lowest BCUT2D eigenvalue weighted by atomic mass is 10.1. The van der Waals surface area contributed by atoms with Crippen LogP contribution < -0.4 is 0 Å². The summed E-state index contributed by atoms with van der Waals surface area (Å²) in [6, 6.07) is 10.3. The van der Waals surface area contributed by atoms with Crippen molar-refractivity contribution in [1.82, 2.24) is 0 Å². The Morgan fingerprint density at radius 2 is 1.12 bits per heavy atom. The first-order chi connectivity index (χ1) is 11.8. The second-order valence-electron chi connectivity index (χ2n) is 5.01. The second-order valence-corrected chi connectivity index (χ2v) is 5.01. The van der Waals surface area contributed by atoms with E-state index in [0.717, 1.165) is 18.1 Å². The topological polar surface area (TPSA) is 129 Å². The van der Waals surface area contributed by atoms with Gasteiger partial charge in [-0.3, -0.25) is 30.3 Å². The summed E-state index contributed by atoms with van der Waals surface area (Å²) in [6.45, 7) is 3.75. The number of nitrogens with zero attached hydrogens (tertiary/aromatic N) is 3. The zero-order valence-electron chi connectivity index (χ0n) is 13.7. The fourth-order valence-corrected chi connectivity index (χ4v) is 1.96. The van der Waals surface area contributed by atoms with Crippen molar-refractivity contribution in [1.29, 1.82) is 0 Å². The molecule has 132 valence electrons. The number of hydrogen-bond acceptors (Lipinski definition) is 6. The van der Waals surface area contributed by atoms with Crippen LogP contribution in [0.5, 0.6) is 0 Å². The van der Waals surface area contributed by atoms with Crippen LogP contribution in [0.2, 0.25) is 0 Å². The van der Waals surface area contributed by atoms with Crippen LogP contribution in [-0.4, -0.2) is 14.8 Å². The van der Waals surface area contributed by atoms with E-state index in [1.165, 1.54) is 18.2 Å². The van der Waals surface area contributed by atoms with Crippen LogP contribution in [0.4, 0.5) is 17.1 Å². The first kappa shape index (κ1) is 19.7. The van der Waals surface area contributed by atoms with Gasteiger partial charge in [0.05, 0.1) is 20.8 Å². The Kier molecular flexibility index (Phi) is 7.14. The number of aryl methyl sites for hydroxylation is 2. The minimum atomic E-state index is -0.633. The van der Waals surface area contributed by atoms with Gasteiger partial charge < -0.3 is 0 Å². The van der Waals surface area contributed by atoms with Gasteiger partial charge in [-0.05, 0) is 24.0 Å². The van der Waals surface area contributed by atoms with E-state index in [4.69, 9.17) is 0 Å². The lowest BCUT2D eigenvalue weighted by Crippen LogP contribution is -1.94. The third-order valence-corrected chi connectivity index (χ3v) is 3.32. The van der Waals surface area contributed by atoms with Crippen molar-refractivity contribution < 1.29 is 14.8 Å². The molecule has 2 rings (SSSR count). The van der Waals surface area contributed by atoms with E-state index < -0.39 is 9.85 Å². The Balaban J connectivity index is 0.000000257. The van der Waals surface area contributed by atoms with Gasteiger partial charge in [0, 0.05) is 24.3 Å². The molecule has 2 aromatic rings. The Bertz CT molecular complexity index is 759. The SMILES string of the molecule is CCc1cc([N+](=O)[O-])cc([N+](=O)[O-])c1.CCc1cccc([N+](=O)[O-])c1. The number of rotatable bonds is 5. The van der Waals surface area contributed by atoms with Gasteiger partial charge in [-0.25, -0.2) is 0 Å². The minimum absolute atomic E-state index is 0.171. The number of benzene rings is 2. The van der Waals surface area contributed by atoms with Crippen LogP contribution in [0.3, 0.4) is 0 Å². The molecule has 2 aromatic carbocycles. The minimum Gasteiger partial charge on any atom is -0.258 e. The number of non-ortho nitro benzene ring substituents is 3. The maximum absolute atomic E-state index is 10.4. The molecule has 0 aliphatic rings. The highest BCUT2D eigenvalue weighted by molar-refractivity contribution is 5.46. The number of nitro groups is 3.